The number of hydrogen-bond donors (Lipinski definition) is 4. The van der Waals surface area contributed by atoms with Gasteiger partial charge in [-0.3, -0.25) is 32.5 Å². The second-order valence-electron chi connectivity index (χ2n) is 24.0. The van der Waals surface area contributed by atoms with Gasteiger partial charge in [-0.05, 0) is 116 Å². The van der Waals surface area contributed by atoms with Gasteiger partial charge in [-0.25, -0.2) is 9.13 Å². The average molecular weight is 1350 g/mol. The van der Waals surface area contributed by atoms with Crippen LogP contribution in [-0.2, 0) is 55.8 Å². The summed E-state index contributed by atoms with van der Waals surface area (Å²) in [4.78, 5) is 58.2. The van der Waals surface area contributed by atoms with Gasteiger partial charge in [0.05, 0.1) is 26.4 Å². The van der Waals surface area contributed by atoms with Gasteiger partial charge in [0.15, 0.2) is 6.10 Å². The molecule has 0 spiro atoms. The molecule has 0 bridgehead atoms. The van der Waals surface area contributed by atoms with Crippen molar-refractivity contribution in [3.05, 3.63) is 109 Å². The summed E-state index contributed by atoms with van der Waals surface area (Å²) >= 11 is 0. The highest BCUT2D eigenvalue weighted by Crippen LogP contribution is 2.45. The zero-order chi connectivity index (χ0) is 68.1. The van der Waals surface area contributed by atoms with E-state index in [4.69, 9.17) is 32.3 Å². The van der Waals surface area contributed by atoms with Gasteiger partial charge in [-0.2, -0.15) is 0 Å². The second kappa shape index (κ2) is 68.2. The SMILES string of the molecule is CC/C=C\C/C=C\C/C=C\C/C=C\C/C=C\C/C=C\CCCCCCCCCCCCCCCCC(=O)OCC(O)COP(=O)(O)OCC(O)COP(=O)(O)OCC(COC(=O)CCCCCCC/C=C\C/C=C\CCC)OC(=O)CCCCCCC/C=C\CCCC. The van der Waals surface area contributed by atoms with Crippen LogP contribution in [0.1, 0.15) is 290 Å². The maximum Gasteiger partial charge on any atom is 0.472 e. The number of phosphoric acid groups is 2. The summed E-state index contributed by atoms with van der Waals surface area (Å²) in [5.74, 6) is -1.60. The number of esters is 3. The number of ether oxygens (including phenoxy) is 3. The summed E-state index contributed by atoms with van der Waals surface area (Å²) in [5.41, 5.74) is 0. The Morgan fingerprint density at radius 2 is 0.591 bits per heavy atom. The van der Waals surface area contributed by atoms with E-state index < -0.39 is 91.5 Å². The number of phosphoric ester groups is 2. The second-order valence-corrected chi connectivity index (χ2v) is 26.9. The molecule has 0 aromatic carbocycles. The number of allylic oxidation sites excluding steroid dienone is 18. The summed E-state index contributed by atoms with van der Waals surface area (Å²) in [7, 11) is -9.77. The van der Waals surface area contributed by atoms with Crippen molar-refractivity contribution in [2.24, 2.45) is 0 Å². The Balaban J connectivity index is 4.32. The molecule has 0 aliphatic carbocycles. The van der Waals surface area contributed by atoms with Crippen LogP contribution in [0.3, 0.4) is 0 Å². The minimum Gasteiger partial charge on any atom is -0.463 e. The molecule has 0 amide bonds. The van der Waals surface area contributed by atoms with E-state index in [0.29, 0.717) is 19.3 Å². The van der Waals surface area contributed by atoms with Crippen LogP contribution in [0, 0.1) is 0 Å². The number of hydrogen-bond acceptors (Lipinski definition) is 14. The molecule has 0 aromatic heterocycles. The Morgan fingerprint density at radius 3 is 0.957 bits per heavy atom. The van der Waals surface area contributed by atoms with Crippen molar-refractivity contribution >= 4 is 33.6 Å². The van der Waals surface area contributed by atoms with E-state index >= 15 is 0 Å². The minimum atomic E-state index is -4.92. The Morgan fingerprint density at radius 1 is 0.312 bits per heavy atom. The highest BCUT2D eigenvalue weighted by Gasteiger charge is 2.29. The van der Waals surface area contributed by atoms with Crippen LogP contribution in [0.15, 0.2) is 109 Å². The fourth-order valence-corrected chi connectivity index (χ4v) is 11.0. The number of carbonyl (C=O) groups excluding carboxylic acids is 3. The van der Waals surface area contributed by atoms with Crippen LogP contribution in [0.5, 0.6) is 0 Å². The number of unbranched alkanes of at least 4 members (excludes halogenated alkanes) is 27. The summed E-state index contributed by atoms with van der Waals surface area (Å²) in [6.07, 6.45) is 77.5. The molecule has 16 nitrogen and oxygen atoms in total. The molecule has 5 atom stereocenters. The van der Waals surface area contributed by atoms with Crippen LogP contribution < -0.4 is 0 Å². The third-order valence-electron chi connectivity index (χ3n) is 14.9. The van der Waals surface area contributed by atoms with E-state index in [-0.39, 0.29) is 19.3 Å². The van der Waals surface area contributed by atoms with Crippen LogP contribution in [0.4, 0.5) is 0 Å². The van der Waals surface area contributed by atoms with Crippen LogP contribution in [0.2, 0.25) is 0 Å². The van der Waals surface area contributed by atoms with Gasteiger partial charge in [0.2, 0.25) is 0 Å². The van der Waals surface area contributed by atoms with Gasteiger partial charge < -0.3 is 34.2 Å². The monoisotopic (exact) mass is 1350 g/mol. The van der Waals surface area contributed by atoms with E-state index in [1.165, 1.54) is 77.0 Å². The standard InChI is InChI=1S/C75H130O16P2/c1-4-7-10-13-16-19-22-24-25-26-27-28-29-30-31-32-33-34-35-36-37-38-39-40-41-42-43-45-48-49-52-55-58-61-73(78)85-64-70(76)65-87-92(81,82)88-66-71(77)67-89-93(83,84)90-69-72(91-75(80)63-60-57-54-51-46-21-18-15-12-9-6-3)68-86-74(79)62-59-56-53-50-47-44-23-20-17-14-11-8-5-2/h7,10-11,14-16,18-20,23-25,27-28,30-31,33-34,70-72,76-77H,4-6,8-9,12-13,17,21-22,26,29,32,35-69H2,1-3H3,(H,81,82)(H,83,84)/b10-7-,14-11-,18-15-,19-16-,23-20-,25-24-,28-27-,31-30-,34-33-. The molecule has 0 fully saturated rings. The third kappa shape index (κ3) is 69.4. The van der Waals surface area contributed by atoms with Gasteiger partial charge >= 0.3 is 33.6 Å². The number of aliphatic hydroxyl groups is 2. The number of carbonyl (C=O) groups is 3. The molecule has 93 heavy (non-hydrogen) atoms. The maximum atomic E-state index is 12.8. The Hall–Kier alpha value is -3.79. The summed E-state index contributed by atoms with van der Waals surface area (Å²) < 4.78 is 60.8. The van der Waals surface area contributed by atoms with Gasteiger partial charge in [0.25, 0.3) is 0 Å². The zero-order valence-electron chi connectivity index (χ0n) is 58.1. The van der Waals surface area contributed by atoms with Crippen LogP contribution in [0.25, 0.3) is 0 Å². The molecule has 4 N–H and O–H groups in total. The lowest BCUT2D eigenvalue weighted by Gasteiger charge is -2.21. The van der Waals surface area contributed by atoms with Crippen molar-refractivity contribution in [3.63, 3.8) is 0 Å². The molecule has 18 heteroatoms. The molecule has 536 valence electrons. The molecule has 0 aliphatic rings. The first-order valence-electron chi connectivity index (χ1n) is 36.2. The molecule has 0 saturated carbocycles. The topological polar surface area (TPSA) is 231 Å². The summed E-state index contributed by atoms with van der Waals surface area (Å²) in [5, 5.41) is 20.6. The van der Waals surface area contributed by atoms with Crippen molar-refractivity contribution in [1.29, 1.82) is 0 Å². The lowest BCUT2D eigenvalue weighted by molar-refractivity contribution is -0.161. The highest BCUT2D eigenvalue weighted by molar-refractivity contribution is 7.47. The fraction of sp³-hybridized carbons (Fsp3) is 0.720. The molecular formula is C75H130O16P2. The van der Waals surface area contributed by atoms with Gasteiger partial charge in [-0.1, -0.05) is 265 Å². The van der Waals surface area contributed by atoms with E-state index in [9.17, 15) is 43.5 Å². The Bertz CT molecular complexity index is 2130. The number of aliphatic hydroxyl groups excluding tert-OH is 2. The molecule has 0 heterocycles. The van der Waals surface area contributed by atoms with E-state index in [1.807, 2.05) is 0 Å². The molecule has 0 radical (unpaired) electrons. The molecule has 0 aromatic rings. The lowest BCUT2D eigenvalue weighted by atomic mass is 10.0. The van der Waals surface area contributed by atoms with Gasteiger partial charge in [0, 0.05) is 19.3 Å². The first kappa shape index (κ1) is 89.2. The largest absolute Gasteiger partial charge is 0.472 e. The zero-order valence-corrected chi connectivity index (χ0v) is 59.9. The van der Waals surface area contributed by atoms with Crippen molar-refractivity contribution in [1.82, 2.24) is 0 Å². The minimum absolute atomic E-state index is 0.0913. The molecular weight excluding hydrogens is 1220 g/mol. The van der Waals surface area contributed by atoms with Gasteiger partial charge in [0.1, 0.15) is 25.4 Å². The van der Waals surface area contributed by atoms with E-state index in [1.54, 1.807) is 0 Å². The summed E-state index contributed by atoms with van der Waals surface area (Å²) in [6, 6.07) is 0. The highest BCUT2D eigenvalue weighted by atomic mass is 31.2. The predicted octanol–water partition coefficient (Wildman–Crippen LogP) is 20.4. The quantitative estimate of drug-likeness (QED) is 0.0146. The normalized spacial score (nSPS) is 14.8. The summed E-state index contributed by atoms with van der Waals surface area (Å²) in [6.45, 7) is 2.42. The number of rotatable bonds is 68. The maximum absolute atomic E-state index is 12.8. The smallest absolute Gasteiger partial charge is 0.463 e. The van der Waals surface area contributed by atoms with Crippen molar-refractivity contribution in [2.75, 3.05) is 39.6 Å². The molecule has 0 saturated heterocycles. The first-order valence-corrected chi connectivity index (χ1v) is 39.2. The molecule has 0 aliphatic heterocycles. The van der Waals surface area contributed by atoms with Crippen molar-refractivity contribution in [3.8, 4) is 0 Å². The predicted molar refractivity (Wildman–Crippen MR) is 380 cm³/mol. The lowest BCUT2D eigenvalue weighted by Crippen LogP contribution is -2.30. The van der Waals surface area contributed by atoms with E-state index in [2.05, 4.69) is 130 Å². The van der Waals surface area contributed by atoms with Crippen molar-refractivity contribution in [2.45, 2.75) is 309 Å². The van der Waals surface area contributed by atoms with E-state index in [0.717, 1.165) is 154 Å². The average Bonchev–Trinajstić information content (AvgIpc) is 3.07. The van der Waals surface area contributed by atoms with Crippen molar-refractivity contribution < 1.29 is 75.8 Å². The Kier molecular flexibility index (Phi) is 65.4. The molecule has 5 unspecified atom stereocenters. The third-order valence-corrected chi connectivity index (χ3v) is 16.8. The molecule has 0 rings (SSSR count). The Labute approximate surface area is 564 Å². The first-order chi connectivity index (χ1) is 45.2. The van der Waals surface area contributed by atoms with Gasteiger partial charge in [-0.15, -0.1) is 0 Å². The van der Waals surface area contributed by atoms with Crippen LogP contribution in [-0.4, -0.2) is 95.9 Å². The fourth-order valence-electron chi connectivity index (χ4n) is 9.42. The van der Waals surface area contributed by atoms with Crippen LogP contribution >= 0.6 is 15.6 Å².